The molecule has 2 rings (SSSR count). The number of fused-ring (bicyclic) bond motifs is 1. The first kappa shape index (κ1) is 8.96. The molecule has 0 saturated heterocycles. The molecule has 0 spiro atoms. The van der Waals surface area contributed by atoms with E-state index in [1.165, 1.54) is 19.4 Å². The zero-order chi connectivity index (χ0) is 10.1. The number of carbonyl (C=O) groups is 1. The number of ether oxygens (including phenoxy) is 1. The summed E-state index contributed by atoms with van der Waals surface area (Å²) in [6, 6.07) is 1.50. The monoisotopic (exact) mass is 212 g/mol. The molecule has 2 aromatic rings. The highest BCUT2D eigenvalue weighted by Crippen LogP contribution is 2.17. The molecule has 72 valence electrons. The van der Waals surface area contributed by atoms with Crippen LogP contribution in [0.3, 0.4) is 0 Å². The zero-order valence-electron chi connectivity index (χ0n) is 7.15. The molecule has 0 fully saturated rings. The van der Waals surface area contributed by atoms with E-state index in [1.807, 2.05) is 0 Å². The Hall–Kier alpha value is -1.62. The van der Waals surface area contributed by atoms with Gasteiger partial charge in [0.05, 0.1) is 12.7 Å². The fraction of sp³-hybridized carbons (Fsp3) is 0.125. The van der Waals surface area contributed by atoms with Crippen LogP contribution in [0, 0.1) is 0 Å². The number of esters is 1. The van der Waals surface area contributed by atoms with Crippen molar-refractivity contribution in [1.82, 2.24) is 9.97 Å². The second-order valence-electron chi connectivity index (χ2n) is 2.51. The van der Waals surface area contributed by atoms with Crippen LogP contribution in [0.5, 0.6) is 0 Å². The van der Waals surface area contributed by atoms with Gasteiger partial charge in [-0.25, -0.2) is 9.78 Å². The minimum atomic E-state index is -0.474. The van der Waals surface area contributed by atoms with E-state index in [9.17, 15) is 4.79 Å². The maximum absolute atomic E-state index is 11.1. The van der Waals surface area contributed by atoms with Gasteiger partial charge in [-0.2, -0.15) is 4.98 Å². The number of halogens is 1. The van der Waals surface area contributed by atoms with Gasteiger partial charge in [0, 0.05) is 6.20 Å². The number of pyridine rings is 1. The van der Waals surface area contributed by atoms with Gasteiger partial charge in [-0.3, -0.25) is 0 Å². The summed E-state index contributed by atoms with van der Waals surface area (Å²) < 4.78 is 9.45. The predicted octanol–water partition coefficient (Wildman–Crippen LogP) is 1.66. The first-order valence-corrected chi connectivity index (χ1v) is 4.09. The van der Waals surface area contributed by atoms with Crippen molar-refractivity contribution in [2.75, 3.05) is 7.11 Å². The summed E-state index contributed by atoms with van der Waals surface area (Å²) in [6.45, 7) is 0. The van der Waals surface area contributed by atoms with Gasteiger partial charge in [-0.15, -0.1) is 0 Å². The molecular weight excluding hydrogens is 208 g/mol. The molecule has 2 aromatic heterocycles. The van der Waals surface area contributed by atoms with Gasteiger partial charge in [0.2, 0.25) is 5.71 Å². The highest BCUT2D eigenvalue weighted by molar-refractivity contribution is 6.28. The van der Waals surface area contributed by atoms with Crippen molar-refractivity contribution in [3.63, 3.8) is 0 Å². The lowest BCUT2D eigenvalue weighted by Crippen LogP contribution is -2.01. The van der Waals surface area contributed by atoms with Gasteiger partial charge >= 0.3 is 5.97 Å². The fourth-order valence-electron chi connectivity index (χ4n) is 1.03. The van der Waals surface area contributed by atoms with E-state index >= 15 is 0 Å². The second kappa shape index (κ2) is 3.26. The largest absolute Gasteiger partial charge is 0.465 e. The van der Waals surface area contributed by atoms with Crippen LogP contribution in [0.2, 0.25) is 5.35 Å². The number of nitrogens with zero attached hydrogens (tertiary/aromatic N) is 2. The molecule has 6 heteroatoms. The van der Waals surface area contributed by atoms with Gasteiger partial charge in [-0.1, -0.05) is 0 Å². The molecule has 0 amide bonds. The van der Waals surface area contributed by atoms with Crippen molar-refractivity contribution in [2.45, 2.75) is 0 Å². The summed E-state index contributed by atoms with van der Waals surface area (Å²) in [5.41, 5.74) is 1.03. The number of hydrogen-bond donors (Lipinski definition) is 0. The Morgan fingerprint density at radius 2 is 2.43 bits per heavy atom. The van der Waals surface area contributed by atoms with Crippen molar-refractivity contribution in [2.24, 2.45) is 0 Å². The van der Waals surface area contributed by atoms with Crippen molar-refractivity contribution in [3.05, 3.63) is 23.2 Å². The van der Waals surface area contributed by atoms with E-state index in [-0.39, 0.29) is 5.35 Å². The molecule has 5 nitrogen and oxygen atoms in total. The lowest BCUT2D eigenvalue weighted by molar-refractivity contribution is 0.0600. The Bertz CT molecular complexity index is 494. The lowest BCUT2D eigenvalue weighted by Gasteiger charge is -1.95. The van der Waals surface area contributed by atoms with Crippen LogP contribution in [0.15, 0.2) is 16.7 Å². The zero-order valence-corrected chi connectivity index (χ0v) is 7.91. The van der Waals surface area contributed by atoms with E-state index in [4.69, 9.17) is 16.0 Å². The minimum absolute atomic E-state index is 0.00508. The van der Waals surface area contributed by atoms with Crippen LogP contribution >= 0.6 is 11.6 Å². The topological polar surface area (TPSA) is 65.2 Å². The summed E-state index contributed by atoms with van der Waals surface area (Å²) in [5, 5.41) is -0.00508. The Balaban J connectivity index is 2.55. The molecule has 0 saturated carbocycles. The van der Waals surface area contributed by atoms with Crippen LogP contribution in [-0.4, -0.2) is 23.0 Å². The normalized spacial score (nSPS) is 10.4. The average molecular weight is 213 g/mol. The van der Waals surface area contributed by atoms with Gasteiger partial charge in [0.1, 0.15) is 5.52 Å². The number of rotatable bonds is 1. The predicted molar refractivity (Wildman–Crippen MR) is 48.2 cm³/mol. The maximum Gasteiger partial charge on any atom is 0.339 e. The summed E-state index contributed by atoms with van der Waals surface area (Å²) in [5.74, 6) is -0.474. The van der Waals surface area contributed by atoms with E-state index in [0.717, 1.165) is 0 Å². The Morgan fingerprint density at radius 3 is 3.14 bits per heavy atom. The van der Waals surface area contributed by atoms with Crippen molar-refractivity contribution in [1.29, 1.82) is 0 Å². The fourth-order valence-corrected chi connectivity index (χ4v) is 1.19. The van der Waals surface area contributed by atoms with Gasteiger partial charge in [0.25, 0.3) is 5.35 Å². The third-order valence-corrected chi connectivity index (χ3v) is 1.80. The first-order chi connectivity index (χ1) is 6.70. The molecule has 0 aliphatic heterocycles. The number of aromatic nitrogens is 2. The molecule has 2 heterocycles. The Kier molecular flexibility index (Phi) is 2.09. The third kappa shape index (κ3) is 1.42. The molecule has 14 heavy (non-hydrogen) atoms. The summed E-state index contributed by atoms with van der Waals surface area (Å²) in [6.07, 6.45) is 1.34. The first-order valence-electron chi connectivity index (χ1n) is 3.71. The second-order valence-corrected chi connectivity index (χ2v) is 2.83. The van der Waals surface area contributed by atoms with Crippen molar-refractivity contribution < 1.29 is 13.9 Å². The van der Waals surface area contributed by atoms with E-state index in [1.54, 1.807) is 0 Å². The van der Waals surface area contributed by atoms with Crippen LogP contribution < -0.4 is 0 Å². The highest BCUT2D eigenvalue weighted by atomic mass is 35.5. The van der Waals surface area contributed by atoms with E-state index in [0.29, 0.717) is 16.8 Å². The number of oxazole rings is 1. The van der Waals surface area contributed by atoms with Crippen molar-refractivity contribution in [3.8, 4) is 0 Å². The van der Waals surface area contributed by atoms with Gasteiger partial charge in [-0.05, 0) is 17.7 Å². The summed E-state index contributed by atoms with van der Waals surface area (Å²) >= 11 is 5.51. The quantitative estimate of drug-likeness (QED) is 0.673. The number of carbonyl (C=O) groups excluding carboxylic acids is 1. The molecule has 0 aliphatic rings. The highest BCUT2D eigenvalue weighted by Gasteiger charge is 2.10. The molecule has 0 aromatic carbocycles. The van der Waals surface area contributed by atoms with Crippen LogP contribution in [0.25, 0.3) is 11.2 Å². The smallest absolute Gasteiger partial charge is 0.339 e. The average Bonchev–Trinajstić information content (AvgIpc) is 2.55. The van der Waals surface area contributed by atoms with Gasteiger partial charge in [0.15, 0.2) is 0 Å². The van der Waals surface area contributed by atoms with E-state index < -0.39 is 5.97 Å². The molecule has 0 N–H and O–H groups in total. The summed E-state index contributed by atoms with van der Waals surface area (Å²) in [4.78, 5) is 18.8. The SMILES string of the molecule is COC(=O)c1cnc2oc(Cl)nc2c1. The minimum Gasteiger partial charge on any atom is -0.465 e. The standard InChI is InChI=1S/C8H5ClN2O3/c1-13-7(12)4-2-5-6(10-3-4)14-8(9)11-5/h2-3H,1H3. The Labute approximate surface area is 83.7 Å². The third-order valence-electron chi connectivity index (χ3n) is 1.64. The molecule has 0 unspecified atom stereocenters. The maximum atomic E-state index is 11.1. The van der Waals surface area contributed by atoms with Crippen LogP contribution in [0.4, 0.5) is 0 Å². The summed E-state index contributed by atoms with van der Waals surface area (Å²) in [7, 11) is 1.29. The number of hydrogen-bond acceptors (Lipinski definition) is 5. The molecule has 0 bridgehead atoms. The van der Waals surface area contributed by atoms with Gasteiger partial charge < -0.3 is 9.15 Å². The van der Waals surface area contributed by atoms with E-state index in [2.05, 4.69) is 14.7 Å². The Morgan fingerprint density at radius 1 is 1.64 bits per heavy atom. The van der Waals surface area contributed by atoms with Crippen LogP contribution in [-0.2, 0) is 4.74 Å². The van der Waals surface area contributed by atoms with Crippen LogP contribution in [0.1, 0.15) is 10.4 Å². The molecule has 0 aliphatic carbocycles. The van der Waals surface area contributed by atoms with Crippen molar-refractivity contribution >= 4 is 28.8 Å². The lowest BCUT2D eigenvalue weighted by atomic mass is 10.3. The molecule has 0 atom stereocenters. The molecular formula is C8H5ClN2O3. The molecule has 0 radical (unpaired) electrons. The number of methoxy groups -OCH3 is 1.